The first-order valence-electron chi connectivity index (χ1n) is 8.29. The number of alkyl halides is 15. The average molecular weight is 599 g/mol. The Hall–Kier alpha value is -0.990. The molecule has 0 bridgehead atoms. The summed E-state index contributed by atoms with van der Waals surface area (Å²) in [7, 11) is -12.3. The van der Waals surface area contributed by atoms with Crippen molar-refractivity contribution >= 4 is 17.6 Å². The summed E-state index contributed by atoms with van der Waals surface area (Å²) in [6.07, 6.45) is -10.2. The van der Waals surface area contributed by atoms with Gasteiger partial charge in [-0.25, -0.2) is 8.42 Å². The normalized spacial score (nSPS) is 16.2. The van der Waals surface area contributed by atoms with Crippen LogP contribution < -0.4 is 0 Å². The molecule has 0 unspecified atom stereocenters. The molecule has 212 valence electrons. The van der Waals surface area contributed by atoms with E-state index in [1.54, 1.807) is 0 Å². The van der Waals surface area contributed by atoms with Gasteiger partial charge in [0.25, 0.3) is 10.0 Å². The predicted octanol–water partition coefficient (Wildman–Crippen LogP) is 4.54. The van der Waals surface area contributed by atoms with Crippen LogP contribution in [-0.2, 0) is 14.6 Å². The number of halogens is 15. The van der Waals surface area contributed by atoms with Crippen molar-refractivity contribution in [1.82, 2.24) is 4.31 Å². The molecular weight excluding hydrogens is 586 g/mol. The van der Waals surface area contributed by atoms with Gasteiger partial charge in [0.15, 0.2) is 0 Å². The molecule has 35 heavy (non-hydrogen) atoms. The Bertz CT molecular complexity index is 914. The van der Waals surface area contributed by atoms with Gasteiger partial charge in [-0.1, -0.05) is 6.92 Å². The maximum absolute atomic E-state index is 14.0. The Morgan fingerprint density at radius 2 is 1.03 bits per heavy atom. The molecule has 0 atom stereocenters. The summed E-state index contributed by atoms with van der Waals surface area (Å²) in [5.74, 6) is -42.2. The lowest BCUT2D eigenvalue weighted by Gasteiger charge is -2.41. The smallest absolute Gasteiger partial charge is 0.324 e. The van der Waals surface area contributed by atoms with Crippen LogP contribution in [-0.4, -0.2) is 82.8 Å². The Labute approximate surface area is 185 Å². The SMILES string of the molecule is CCN(CCCP(=O)(O)O)S(=O)(=O)C(F)(F)C(F)(F)C(F)(F)C(F)(F)C(F)(F)C(F)(F)C(F)(F)F. The molecule has 0 aliphatic rings. The van der Waals surface area contributed by atoms with Crippen LogP contribution in [0.25, 0.3) is 0 Å². The van der Waals surface area contributed by atoms with Gasteiger partial charge in [-0.3, -0.25) is 4.57 Å². The monoisotopic (exact) mass is 599 g/mol. The topological polar surface area (TPSA) is 94.9 Å². The zero-order chi connectivity index (χ0) is 28.9. The molecule has 0 aromatic heterocycles. The molecule has 0 saturated carbocycles. The van der Waals surface area contributed by atoms with Crippen LogP contribution in [0.1, 0.15) is 13.3 Å². The van der Waals surface area contributed by atoms with E-state index in [1.165, 1.54) is 0 Å². The van der Waals surface area contributed by atoms with Crippen molar-refractivity contribution < 1.29 is 88.6 Å². The van der Waals surface area contributed by atoms with E-state index in [0.29, 0.717) is 6.92 Å². The summed E-state index contributed by atoms with van der Waals surface area (Å²) >= 11 is 0. The molecule has 6 nitrogen and oxygen atoms in total. The molecule has 0 radical (unpaired) electrons. The molecule has 2 N–H and O–H groups in total. The van der Waals surface area contributed by atoms with Crippen LogP contribution in [0.4, 0.5) is 65.9 Å². The Morgan fingerprint density at radius 3 is 1.34 bits per heavy atom. The van der Waals surface area contributed by atoms with Crippen molar-refractivity contribution in [2.24, 2.45) is 0 Å². The van der Waals surface area contributed by atoms with Gasteiger partial charge in [0.1, 0.15) is 0 Å². The zero-order valence-electron chi connectivity index (χ0n) is 16.4. The Balaban J connectivity index is 6.65. The average Bonchev–Trinajstić information content (AvgIpc) is 2.62. The zero-order valence-corrected chi connectivity index (χ0v) is 18.1. The van der Waals surface area contributed by atoms with Crippen molar-refractivity contribution in [3.8, 4) is 0 Å². The highest BCUT2D eigenvalue weighted by atomic mass is 32.2. The van der Waals surface area contributed by atoms with Gasteiger partial charge in [-0.2, -0.15) is 70.2 Å². The Kier molecular flexibility index (Phi) is 9.13. The number of hydrogen-bond donors (Lipinski definition) is 2. The van der Waals surface area contributed by atoms with E-state index in [9.17, 15) is 78.8 Å². The summed E-state index contributed by atoms with van der Waals surface area (Å²) in [5.41, 5.74) is 0. The molecular formula is C12H13F15NO5PS. The van der Waals surface area contributed by atoms with Gasteiger partial charge in [-0.15, -0.1) is 0 Å². The molecule has 0 heterocycles. The summed E-state index contributed by atoms with van der Waals surface area (Å²) < 4.78 is 231. The predicted molar refractivity (Wildman–Crippen MR) is 83.4 cm³/mol. The van der Waals surface area contributed by atoms with E-state index < -0.39 is 88.6 Å². The first-order chi connectivity index (χ1) is 14.9. The highest BCUT2D eigenvalue weighted by Gasteiger charge is 2.94. The Morgan fingerprint density at radius 1 is 0.686 bits per heavy atom. The first-order valence-corrected chi connectivity index (χ1v) is 11.5. The van der Waals surface area contributed by atoms with Crippen LogP contribution in [0.2, 0.25) is 0 Å². The van der Waals surface area contributed by atoms with Crippen LogP contribution in [0.3, 0.4) is 0 Å². The molecule has 0 amide bonds. The number of hydrogen-bond acceptors (Lipinski definition) is 3. The van der Waals surface area contributed by atoms with Gasteiger partial charge in [0.05, 0.1) is 6.16 Å². The molecule has 0 fully saturated rings. The third kappa shape index (κ3) is 5.35. The van der Waals surface area contributed by atoms with Gasteiger partial charge < -0.3 is 9.79 Å². The van der Waals surface area contributed by atoms with Crippen LogP contribution in [0.15, 0.2) is 0 Å². The fourth-order valence-electron chi connectivity index (χ4n) is 2.18. The third-order valence-electron chi connectivity index (χ3n) is 4.17. The lowest BCUT2D eigenvalue weighted by molar-refractivity contribution is -0.447. The van der Waals surface area contributed by atoms with Gasteiger partial charge in [0, 0.05) is 13.1 Å². The first kappa shape index (κ1) is 34.0. The van der Waals surface area contributed by atoms with Crippen molar-refractivity contribution in [3.05, 3.63) is 0 Å². The second-order valence-electron chi connectivity index (χ2n) is 6.63. The quantitative estimate of drug-likeness (QED) is 0.254. The second kappa shape index (κ2) is 9.39. The summed E-state index contributed by atoms with van der Waals surface area (Å²) in [4.78, 5) is 17.1. The molecule has 0 aliphatic heterocycles. The maximum atomic E-state index is 14.0. The fraction of sp³-hybridized carbons (Fsp3) is 1.00. The van der Waals surface area contributed by atoms with Crippen molar-refractivity contribution in [2.45, 2.75) is 54.4 Å². The minimum absolute atomic E-state index is 0.522. The van der Waals surface area contributed by atoms with Crippen LogP contribution in [0, 0.1) is 0 Å². The second-order valence-corrected chi connectivity index (χ2v) is 10.4. The van der Waals surface area contributed by atoms with Gasteiger partial charge in [-0.05, 0) is 6.42 Å². The van der Waals surface area contributed by atoms with E-state index in [0.717, 1.165) is 0 Å². The molecule has 0 aromatic rings. The van der Waals surface area contributed by atoms with E-state index in [-0.39, 0.29) is 0 Å². The highest BCUT2D eigenvalue weighted by molar-refractivity contribution is 7.90. The van der Waals surface area contributed by atoms with E-state index in [1.807, 2.05) is 0 Å². The highest BCUT2D eigenvalue weighted by Crippen LogP contribution is 2.63. The lowest BCUT2D eigenvalue weighted by Crippen LogP contribution is -2.73. The van der Waals surface area contributed by atoms with E-state index in [4.69, 9.17) is 9.79 Å². The lowest BCUT2D eigenvalue weighted by atomic mass is 9.94. The molecule has 0 aliphatic carbocycles. The molecule has 0 aromatic carbocycles. The standard InChI is InChI=1S/C12H13F15NO5PS/c1-2-28(4-3-5-34(29,30)31)35(32,33)12(26,27)10(21,22)8(17,18)6(13,14)7(15,16)9(19,20)11(23,24)25/h2-5H2,1H3,(H2,29,30,31). The molecule has 23 heteroatoms. The largest absolute Gasteiger partial charge is 0.460 e. The van der Waals surface area contributed by atoms with Gasteiger partial charge in [0.2, 0.25) is 0 Å². The molecule has 0 spiro atoms. The van der Waals surface area contributed by atoms with Crippen molar-refractivity contribution in [1.29, 1.82) is 0 Å². The van der Waals surface area contributed by atoms with Crippen LogP contribution >= 0.6 is 7.60 Å². The molecule has 0 rings (SSSR count). The summed E-state index contributed by atoms with van der Waals surface area (Å²) in [5, 5.41) is -7.56. The minimum atomic E-state index is -8.64. The summed E-state index contributed by atoms with van der Waals surface area (Å²) in [6, 6.07) is 0. The fourth-order valence-corrected chi connectivity index (χ4v) is 4.22. The van der Waals surface area contributed by atoms with Crippen LogP contribution in [0.5, 0.6) is 0 Å². The van der Waals surface area contributed by atoms with Crippen molar-refractivity contribution in [3.63, 3.8) is 0 Å². The molecule has 0 saturated heterocycles. The maximum Gasteiger partial charge on any atom is 0.460 e. The summed E-state index contributed by atoms with van der Waals surface area (Å²) in [6.45, 7) is -2.45. The van der Waals surface area contributed by atoms with E-state index in [2.05, 4.69) is 0 Å². The number of sulfonamides is 1. The van der Waals surface area contributed by atoms with E-state index >= 15 is 0 Å². The number of nitrogens with zero attached hydrogens (tertiary/aromatic N) is 1. The third-order valence-corrected chi connectivity index (χ3v) is 7.10. The number of rotatable bonds is 12. The van der Waals surface area contributed by atoms with Gasteiger partial charge >= 0.3 is 48.6 Å². The van der Waals surface area contributed by atoms with Crippen molar-refractivity contribution in [2.75, 3.05) is 19.3 Å². The minimum Gasteiger partial charge on any atom is -0.324 e.